The zero-order valence-electron chi connectivity index (χ0n) is 10.2. The van der Waals surface area contributed by atoms with Crippen LogP contribution < -0.4 is 0 Å². The van der Waals surface area contributed by atoms with Gasteiger partial charge in [0.05, 0.1) is 4.70 Å². The maximum atomic E-state index is 2.42. The van der Waals surface area contributed by atoms with E-state index < -0.39 is 0 Å². The summed E-state index contributed by atoms with van der Waals surface area (Å²) in [5.74, 6) is 0. The SMILES string of the molecule is CC(C)n1cc2sccc2c1C(C)(C)C. The second kappa shape index (κ2) is 3.38. The van der Waals surface area contributed by atoms with E-state index in [1.54, 1.807) is 0 Å². The molecule has 2 rings (SSSR count). The van der Waals surface area contributed by atoms with Gasteiger partial charge in [-0.25, -0.2) is 0 Å². The van der Waals surface area contributed by atoms with Crippen molar-refractivity contribution < 1.29 is 0 Å². The van der Waals surface area contributed by atoms with Crippen LogP contribution in [0.15, 0.2) is 17.6 Å². The zero-order valence-corrected chi connectivity index (χ0v) is 11.0. The first-order valence-electron chi connectivity index (χ1n) is 5.50. The lowest BCUT2D eigenvalue weighted by atomic mass is 9.90. The van der Waals surface area contributed by atoms with Gasteiger partial charge in [0, 0.05) is 28.7 Å². The topological polar surface area (TPSA) is 4.93 Å². The van der Waals surface area contributed by atoms with Gasteiger partial charge in [-0.3, -0.25) is 0 Å². The first-order chi connectivity index (χ1) is 6.91. The van der Waals surface area contributed by atoms with E-state index in [9.17, 15) is 0 Å². The summed E-state index contributed by atoms with van der Waals surface area (Å²) in [7, 11) is 0. The van der Waals surface area contributed by atoms with E-state index in [-0.39, 0.29) is 5.41 Å². The molecule has 1 nitrogen and oxygen atoms in total. The monoisotopic (exact) mass is 221 g/mol. The minimum absolute atomic E-state index is 0.215. The number of rotatable bonds is 1. The van der Waals surface area contributed by atoms with Crippen LogP contribution in [-0.2, 0) is 5.41 Å². The molecule has 0 spiro atoms. The van der Waals surface area contributed by atoms with E-state index in [2.05, 4.69) is 56.8 Å². The molecule has 2 heteroatoms. The summed E-state index contributed by atoms with van der Waals surface area (Å²) < 4.78 is 3.83. The maximum Gasteiger partial charge on any atom is 0.0522 e. The Labute approximate surface area is 95.7 Å². The standard InChI is InChI=1S/C13H19NS/c1-9(2)14-8-11-10(6-7-15-11)12(14)13(3,4)5/h6-9H,1-5H3. The number of fused-ring (bicyclic) bond motifs is 1. The molecule has 0 aliphatic heterocycles. The van der Waals surface area contributed by atoms with Crippen molar-refractivity contribution in [2.45, 2.75) is 46.1 Å². The third-order valence-electron chi connectivity index (χ3n) is 2.73. The Kier molecular flexibility index (Phi) is 2.42. The van der Waals surface area contributed by atoms with Crippen molar-refractivity contribution in [3.8, 4) is 0 Å². The zero-order chi connectivity index (χ0) is 11.2. The summed E-state index contributed by atoms with van der Waals surface area (Å²) in [5.41, 5.74) is 1.68. The van der Waals surface area contributed by atoms with E-state index in [1.165, 1.54) is 15.8 Å². The van der Waals surface area contributed by atoms with Crippen LogP contribution in [0.2, 0.25) is 0 Å². The van der Waals surface area contributed by atoms with Crippen molar-refractivity contribution in [3.63, 3.8) is 0 Å². The number of hydrogen-bond acceptors (Lipinski definition) is 1. The Morgan fingerprint density at radius 2 is 1.93 bits per heavy atom. The maximum absolute atomic E-state index is 2.42. The molecule has 2 aromatic rings. The normalized spacial score (nSPS) is 12.9. The molecule has 0 saturated carbocycles. The van der Waals surface area contributed by atoms with Crippen LogP contribution in [0.1, 0.15) is 46.4 Å². The Balaban J connectivity index is 2.75. The molecular formula is C13H19NS. The van der Waals surface area contributed by atoms with E-state index >= 15 is 0 Å². The molecular weight excluding hydrogens is 202 g/mol. The summed E-state index contributed by atoms with van der Waals surface area (Å²) in [6.07, 6.45) is 2.30. The molecule has 0 N–H and O–H groups in total. The van der Waals surface area contributed by atoms with Crippen LogP contribution >= 0.6 is 11.3 Å². The third-order valence-corrected chi connectivity index (χ3v) is 3.58. The summed E-state index contributed by atoms with van der Waals surface area (Å²) in [4.78, 5) is 0. The molecule has 0 saturated heterocycles. The van der Waals surface area contributed by atoms with Gasteiger partial charge in [0.25, 0.3) is 0 Å². The molecule has 2 heterocycles. The van der Waals surface area contributed by atoms with Crippen molar-refractivity contribution >= 4 is 21.4 Å². The van der Waals surface area contributed by atoms with E-state index in [0.29, 0.717) is 6.04 Å². The average Bonchev–Trinajstić information content (AvgIpc) is 2.56. The highest BCUT2D eigenvalue weighted by atomic mass is 32.1. The summed E-state index contributed by atoms with van der Waals surface area (Å²) in [6.45, 7) is 11.4. The predicted molar refractivity (Wildman–Crippen MR) is 68.9 cm³/mol. The molecule has 82 valence electrons. The van der Waals surface area contributed by atoms with Crippen molar-refractivity contribution in [2.24, 2.45) is 0 Å². The lowest BCUT2D eigenvalue weighted by molar-refractivity contribution is 0.489. The highest BCUT2D eigenvalue weighted by Gasteiger charge is 2.23. The van der Waals surface area contributed by atoms with Crippen molar-refractivity contribution in [3.05, 3.63) is 23.3 Å². The number of thiophene rings is 1. The van der Waals surface area contributed by atoms with Crippen molar-refractivity contribution in [1.82, 2.24) is 4.57 Å². The molecule has 0 bridgehead atoms. The quantitative estimate of drug-likeness (QED) is 0.664. The Bertz CT molecular complexity index is 468. The molecule has 0 unspecified atom stereocenters. The number of hydrogen-bond donors (Lipinski definition) is 0. The van der Waals surface area contributed by atoms with Gasteiger partial charge >= 0.3 is 0 Å². The lowest BCUT2D eigenvalue weighted by Crippen LogP contribution is -2.18. The lowest BCUT2D eigenvalue weighted by Gasteiger charge is -2.24. The van der Waals surface area contributed by atoms with Crippen LogP contribution in [0.3, 0.4) is 0 Å². The van der Waals surface area contributed by atoms with Gasteiger partial charge in [0.2, 0.25) is 0 Å². The fraction of sp³-hybridized carbons (Fsp3) is 0.538. The van der Waals surface area contributed by atoms with E-state index in [4.69, 9.17) is 0 Å². The largest absolute Gasteiger partial charge is 0.346 e. The van der Waals surface area contributed by atoms with Gasteiger partial charge in [-0.15, -0.1) is 11.3 Å². The number of aromatic nitrogens is 1. The van der Waals surface area contributed by atoms with Gasteiger partial charge in [-0.2, -0.15) is 0 Å². The Morgan fingerprint density at radius 3 is 2.47 bits per heavy atom. The van der Waals surface area contributed by atoms with Gasteiger partial charge in [-0.05, 0) is 25.3 Å². The highest BCUT2D eigenvalue weighted by Crippen LogP contribution is 2.36. The number of nitrogens with zero attached hydrogens (tertiary/aromatic N) is 1. The Hall–Kier alpha value is -0.760. The molecule has 2 aromatic heterocycles. The average molecular weight is 221 g/mol. The molecule has 0 radical (unpaired) electrons. The smallest absolute Gasteiger partial charge is 0.0522 e. The molecule has 0 fully saturated rings. The van der Waals surface area contributed by atoms with Crippen LogP contribution in [0.25, 0.3) is 10.1 Å². The summed E-state index contributed by atoms with van der Waals surface area (Å²) in [6, 6.07) is 2.79. The fourth-order valence-electron chi connectivity index (χ4n) is 2.15. The van der Waals surface area contributed by atoms with Crippen LogP contribution in [0.4, 0.5) is 0 Å². The molecule has 0 atom stereocenters. The third kappa shape index (κ3) is 1.71. The van der Waals surface area contributed by atoms with Gasteiger partial charge in [-0.1, -0.05) is 20.8 Å². The Morgan fingerprint density at radius 1 is 1.27 bits per heavy atom. The molecule has 0 aliphatic rings. The fourth-order valence-corrected chi connectivity index (χ4v) is 2.96. The first kappa shape index (κ1) is 10.7. The van der Waals surface area contributed by atoms with Gasteiger partial charge in [0.15, 0.2) is 0 Å². The second-order valence-electron chi connectivity index (χ2n) is 5.43. The second-order valence-corrected chi connectivity index (χ2v) is 6.37. The first-order valence-corrected chi connectivity index (χ1v) is 6.37. The molecule has 0 aliphatic carbocycles. The van der Waals surface area contributed by atoms with E-state index in [0.717, 1.165) is 0 Å². The van der Waals surface area contributed by atoms with Crippen LogP contribution in [0, 0.1) is 0 Å². The summed E-state index contributed by atoms with van der Waals surface area (Å²) in [5, 5.41) is 3.62. The predicted octanol–water partition coefficient (Wildman–Crippen LogP) is 4.58. The van der Waals surface area contributed by atoms with Gasteiger partial charge in [0.1, 0.15) is 0 Å². The van der Waals surface area contributed by atoms with E-state index in [1.807, 2.05) is 11.3 Å². The van der Waals surface area contributed by atoms with Gasteiger partial charge < -0.3 is 4.57 Å². The van der Waals surface area contributed by atoms with Crippen LogP contribution in [-0.4, -0.2) is 4.57 Å². The molecule has 0 amide bonds. The minimum Gasteiger partial charge on any atom is -0.346 e. The molecule has 15 heavy (non-hydrogen) atoms. The molecule has 0 aromatic carbocycles. The summed E-state index contributed by atoms with van der Waals surface area (Å²) >= 11 is 1.83. The van der Waals surface area contributed by atoms with Crippen molar-refractivity contribution in [1.29, 1.82) is 0 Å². The van der Waals surface area contributed by atoms with Crippen molar-refractivity contribution in [2.75, 3.05) is 0 Å². The highest BCUT2D eigenvalue weighted by molar-refractivity contribution is 7.17. The van der Waals surface area contributed by atoms with Crippen LogP contribution in [0.5, 0.6) is 0 Å². The minimum atomic E-state index is 0.215.